The van der Waals surface area contributed by atoms with Gasteiger partial charge in [-0.15, -0.1) is 0 Å². The van der Waals surface area contributed by atoms with Crippen molar-refractivity contribution in [2.45, 2.75) is 54.7 Å². The highest BCUT2D eigenvalue weighted by Crippen LogP contribution is 2.63. The second-order valence-electron chi connectivity index (χ2n) is 10.9. The fourth-order valence-corrected chi connectivity index (χ4v) is 9.47. The predicted molar refractivity (Wildman–Crippen MR) is 129 cm³/mol. The molecule has 4 aliphatic carbocycles. The highest BCUT2D eigenvalue weighted by atomic mass is 32.2. The molecule has 0 aromatic heterocycles. The molecule has 2 aromatic carbocycles. The average Bonchev–Trinajstić information content (AvgIpc) is 2.76. The van der Waals surface area contributed by atoms with Crippen molar-refractivity contribution in [3.8, 4) is 0 Å². The van der Waals surface area contributed by atoms with Crippen molar-refractivity contribution < 1.29 is 27.9 Å². The Kier molecular flexibility index (Phi) is 5.56. The summed E-state index contributed by atoms with van der Waals surface area (Å²) in [5, 5.41) is 10.6. The van der Waals surface area contributed by atoms with Crippen LogP contribution < -0.4 is 11.5 Å². The number of carboxylic acids is 1. The van der Waals surface area contributed by atoms with Crippen molar-refractivity contribution in [3.63, 3.8) is 0 Å². The number of hydrogen-bond acceptors (Lipinski definition) is 6. The number of primary amides is 1. The number of sulfone groups is 1. The third-order valence-corrected chi connectivity index (χ3v) is 10.8. The molecule has 0 radical (unpaired) electrons. The maximum absolute atomic E-state index is 14.1. The van der Waals surface area contributed by atoms with Crippen LogP contribution in [0.2, 0.25) is 0 Å². The molecule has 35 heavy (non-hydrogen) atoms. The minimum atomic E-state index is -4.73. The summed E-state index contributed by atoms with van der Waals surface area (Å²) in [7, 11) is -4.73. The first-order chi connectivity index (χ1) is 16.5. The summed E-state index contributed by atoms with van der Waals surface area (Å²) in [5.74, 6) is -3.94. The smallest absolute Gasteiger partial charge is 0.306 e. The lowest BCUT2D eigenvalue weighted by Crippen LogP contribution is -2.64. The number of nitrogens with two attached hydrogens (primary N) is 2. The molecule has 9 heteroatoms. The minimum Gasteiger partial charge on any atom is -0.481 e. The summed E-state index contributed by atoms with van der Waals surface area (Å²) in [4.78, 5) is 35.8. The predicted octanol–water partition coefficient (Wildman–Crippen LogP) is 2.63. The van der Waals surface area contributed by atoms with Crippen molar-refractivity contribution in [1.82, 2.24) is 0 Å². The number of fused-ring (bicyclic) bond motifs is 1. The fourth-order valence-electron chi connectivity index (χ4n) is 7.65. The Morgan fingerprint density at radius 1 is 0.971 bits per heavy atom. The molecule has 8 nitrogen and oxygen atoms in total. The Morgan fingerprint density at radius 3 is 2.06 bits per heavy atom. The SMILES string of the molecule is NC(=O)C(C(=O)[C@@](N)(CC(=O)O)S(=O)(=O)c1cccc2ccccc12)C12CC3CC(CC(C3)C1)C2. The summed E-state index contributed by atoms with van der Waals surface area (Å²) >= 11 is 0. The van der Waals surface area contributed by atoms with Crippen LogP contribution >= 0.6 is 0 Å². The van der Waals surface area contributed by atoms with Gasteiger partial charge in [-0.3, -0.25) is 14.4 Å². The number of ketones is 1. The zero-order chi connectivity index (χ0) is 25.2. The van der Waals surface area contributed by atoms with Gasteiger partial charge in [0.2, 0.25) is 15.7 Å². The molecule has 5 N–H and O–H groups in total. The van der Waals surface area contributed by atoms with Gasteiger partial charge in [0.05, 0.1) is 11.3 Å². The number of rotatable bonds is 8. The summed E-state index contributed by atoms with van der Waals surface area (Å²) < 4.78 is 28.1. The van der Waals surface area contributed by atoms with Gasteiger partial charge >= 0.3 is 5.97 Å². The largest absolute Gasteiger partial charge is 0.481 e. The van der Waals surface area contributed by atoms with Gasteiger partial charge in [-0.25, -0.2) is 8.42 Å². The summed E-state index contributed by atoms with van der Waals surface area (Å²) in [6, 6.07) is 11.2. The number of carbonyl (C=O) groups is 3. The number of benzene rings is 2. The molecule has 4 aliphatic rings. The molecule has 186 valence electrons. The molecule has 4 saturated carbocycles. The van der Waals surface area contributed by atoms with Crippen LogP contribution in [0.3, 0.4) is 0 Å². The van der Waals surface area contributed by atoms with Crippen LogP contribution in [-0.2, 0) is 24.2 Å². The van der Waals surface area contributed by atoms with E-state index in [9.17, 15) is 27.9 Å². The van der Waals surface area contributed by atoms with E-state index in [0.717, 1.165) is 19.3 Å². The van der Waals surface area contributed by atoms with E-state index in [1.165, 1.54) is 12.1 Å². The molecule has 4 fully saturated rings. The molecule has 0 aliphatic heterocycles. The Bertz CT molecular complexity index is 1300. The number of carboxylic acid groups (broad SMARTS) is 1. The summed E-state index contributed by atoms with van der Waals surface area (Å²) in [5.41, 5.74) is 11.4. The lowest BCUT2D eigenvalue weighted by molar-refractivity contribution is -0.154. The second-order valence-corrected chi connectivity index (χ2v) is 13.1. The van der Waals surface area contributed by atoms with Crippen molar-refractivity contribution in [2.24, 2.45) is 40.6 Å². The highest BCUT2D eigenvalue weighted by Gasteiger charge is 2.62. The van der Waals surface area contributed by atoms with Crippen molar-refractivity contribution >= 4 is 38.3 Å². The molecule has 0 heterocycles. The van der Waals surface area contributed by atoms with E-state index < -0.39 is 50.1 Å². The van der Waals surface area contributed by atoms with Gasteiger partial charge in [0, 0.05) is 5.39 Å². The Hall–Kier alpha value is -2.78. The lowest BCUT2D eigenvalue weighted by atomic mass is 9.45. The quantitative estimate of drug-likeness (QED) is 0.472. The molecule has 1 amide bonds. The molecule has 2 atom stereocenters. The van der Waals surface area contributed by atoms with Gasteiger partial charge < -0.3 is 16.6 Å². The van der Waals surface area contributed by atoms with Crippen LogP contribution in [0, 0.1) is 29.1 Å². The normalized spacial score (nSPS) is 30.0. The van der Waals surface area contributed by atoms with Crippen molar-refractivity contribution in [1.29, 1.82) is 0 Å². The van der Waals surface area contributed by atoms with E-state index in [1.54, 1.807) is 30.3 Å². The summed E-state index contributed by atoms with van der Waals surface area (Å²) in [6.07, 6.45) is 3.78. The highest BCUT2D eigenvalue weighted by molar-refractivity contribution is 7.93. The van der Waals surface area contributed by atoms with Crippen molar-refractivity contribution in [3.05, 3.63) is 42.5 Å². The third kappa shape index (κ3) is 3.67. The van der Waals surface area contributed by atoms with Gasteiger partial charge in [0.1, 0.15) is 5.92 Å². The maximum Gasteiger partial charge on any atom is 0.306 e. The van der Waals surface area contributed by atoms with E-state index in [-0.39, 0.29) is 4.90 Å². The van der Waals surface area contributed by atoms with E-state index in [4.69, 9.17) is 11.5 Å². The van der Waals surface area contributed by atoms with Gasteiger partial charge in [-0.2, -0.15) is 0 Å². The lowest BCUT2D eigenvalue weighted by Gasteiger charge is -2.59. The van der Waals surface area contributed by atoms with E-state index in [1.807, 2.05) is 0 Å². The van der Waals surface area contributed by atoms with Crippen LogP contribution in [0.5, 0.6) is 0 Å². The Balaban J connectivity index is 1.65. The first-order valence-corrected chi connectivity index (χ1v) is 13.5. The zero-order valence-corrected chi connectivity index (χ0v) is 20.2. The monoisotopic (exact) mass is 498 g/mol. The number of hydrogen-bond donors (Lipinski definition) is 3. The van der Waals surface area contributed by atoms with E-state index >= 15 is 0 Å². The van der Waals surface area contributed by atoms with Crippen LogP contribution in [-0.4, -0.2) is 36.1 Å². The third-order valence-electron chi connectivity index (χ3n) is 8.59. The first-order valence-electron chi connectivity index (χ1n) is 12.0. The second kappa shape index (κ2) is 8.13. The average molecular weight is 499 g/mol. The van der Waals surface area contributed by atoms with Crippen molar-refractivity contribution in [2.75, 3.05) is 0 Å². The van der Waals surface area contributed by atoms with Gasteiger partial charge in [0.15, 0.2) is 10.7 Å². The number of aliphatic carboxylic acids is 1. The molecule has 6 rings (SSSR count). The molecule has 0 spiro atoms. The standard InChI is InChI=1S/C26H30N2O6S/c27-24(32)22(25-11-15-8-16(12-25)10-17(9-15)13-25)23(31)26(28,14-21(29)30)35(33,34)20-7-3-5-18-4-1-2-6-19(18)20/h1-7,15-17,22H,8-14,28H2,(H2,27,32)(H,29,30)/t15?,16?,17?,22?,25?,26-/m1/s1. The summed E-state index contributed by atoms with van der Waals surface area (Å²) in [6.45, 7) is 0. The zero-order valence-electron chi connectivity index (χ0n) is 19.4. The van der Waals surface area contributed by atoms with Crippen LogP contribution in [0.1, 0.15) is 44.9 Å². The molecule has 2 aromatic rings. The number of Topliss-reactive ketones (excluding diaryl/α,β-unsaturated/α-hetero) is 1. The van der Waals surface area contributed by atoms with Crippen LogP contribution in [0.4, 0.5) is 0 Å². The number of amides is 1. The maximum atomic E-state index is 14.1. The van der Waals surface area contributed by atoms with Crippen LogP contribution in [0.15, 0.2) is 47.4 Å². The fraction of sp³-hybridized carbons (Fsp3) is 0.500. The van der Waals surface area contributed by atoms with Crippen LogP contribution in [0.25, 0.3) is 10.8 Å². The number of carbonyl (C=O) groups excluding carboxylic acids is 2. The van der Waals surface area contributed by atoms with Gasteiger partial charge in [-0.1, -0.05) is 36.4 Å². The topological polar surface area (TPSA) is 158 Å². The molecular formula is C26H30N2O6S. The Morgan fingerprint density at radius 2 is 1.51 bits per heavy atom. The van der Waals surface area contributed by atoms with Gasteiger partial charge in [0.25, 0.3) is 0 Å². The van der Waals surface area contributed by atoms with E-state index in [2.05, 4.69) is 0 Å². The van der Waals surface area contributed by atoms with Gasteiger partial charge in [-0.05, 0) is 73.1 Å². The molecule has 0 saturated heterocycles. The van der Waals surface area contributed by atoms with E-state index in [0.29, 0.717) is 47.8 Å². The Labute approximate surface area is 204 Å². The molecule has 1 unspecified atom stereocenters. The minimum absolute atomic E-state index is 0.235. The molecular weight excluding hydrogens is 468 g/mol. The first kappa shape index (κ1) is 23.9. The molecule has 4 bridgehead atoms.